The number of fused-ring (bicyclic) bond motifs is 2. The SMILES string of the molecule is C=C(C)[C@H]1N(Cc2ccc3c(c2)OCO3)C(=O)[C@H]2[C@H](C(=O)[O-])[C@@H]3C=C[C@@]21O3. The molecule has 2 fully saturated rings. The van der Waals surface area contributed by atoms with Crippen LogP contribution in [-0.2, 0) is 20.9 Å². The average Bonchev–Trinajstić information content (AvgIpc) is 3.35. The van der Waals surface area contributed by atoms with Crippen molar-refractivity contribution in [3.05, 3.63) is 48.1 Å². The summed E-state index contributed by atoms with van der Waals surface area (Å²) in [7, 11) is 0. The zero-order valence-corrected chi connectivity index (χ0v) is 14.7. The number of aliphatic carboxylic acids is 1. The van der Waals surface area contributed by atoms with Crippen molar-refractivity contribution >= 4 is 11.9 Å². The lowest BCUT2D eigenvalue weighted by atomic mass is 9.74. The molecule has 2 saturated heterocycles. The van der Waals surface area contributed by atoms with Gasteiger partial charge in [-0.05, 0) is 24.6 Å². The first-order valence-corrected chi connectivity index (χ1v) is 8.85. The maximum absolute atomic E-state index is 13.3. The minimum absolute atomic E-state index is 0.175. The minimum Gasteiger partial charge on any atom is -0.550 e. The molecule has 0 N–H and O–H groups in total. The standard InChI is InChI=1S/C20H19NO6/c1-10(2)17-20-6-5-13(27-20)15(19(23)24)16(20)18(22)21(17)8-11-3-4-12-14(7-11)26-9-25-12/h3-7,13,15-17H,1,8-9H2,2H3,(H,23,24)/p-1/t13-,15+,16+,17+,20+/m0/s1. The van der Waals surface area contributed by atoms with Crippen LogP contribution < -0.4 is 14.6 Å². The number of carbonyl (C=O) groups is 2. The predicted molar refractivity (Wildman–Crippen MR) is 90.4 cm³/mol. The van der Waals surface area contributed by atoms with Crippen LogP contribution in [0.15, 0.2) is 42.5 Å². The van der Waals surface area contributed by atoms with Crippen LogP contribution in [0.25, 0.3) is 0 Å². The molecule has 1 aromatic carbocycles. The molecule has 140 valence electrons. The Balaban J connectivity index is 1.53. The van der Waals surface area contributed by atoms with E-state index in [1.165, 1.54) is 0 Å². The summed E-state index contributed by atoms with van der Waals surface area (Å²) >= 11 is 0. The highest BCUT2D eigenvalue weighted by Crippen LogP contribution is 2.56. The van der Waals surface area contributed by atoms with E-state index < -0.39 is 35.6 Å². The molecule has 0 saturated carbocycles. The Morgan fingerprint density at radius 2 is 2.15 bits per heavy atom. The summed E-state index contributed by atoms with van der Waals surface area (Å²) < 4.78 is 16.8. The topological polar surface area (TPSA) is 88.1 Å². The fourth-order valence-corrected chi connectivity index (χ4v) is 4.95. The lowest BCUT2D eigenvalue weighted by Gasteiger charge is -2.33. The summed E-state index contributed by atoms with van der Waals surface area (Å²) in [6.45, 7) is 6.35. The number of hydrogen-bond donors (Lipinski definition) is 0. The van der Waals surface area contributed by atoms with Gasteiger partial charge in [0.25, 0.3) is 0 Å². The Morgan fingerprint density at radius 3 is 2.89 bits per heavy atom. The number of rotatable bonds is 4. The number of hydrogen-bond acceptors (Lipinski definition) is 6. The van der Waals surface area contributed by atoms with Crippen LogP contribution in [-0.4, -0.2) is 41.3 Å². The van der Waals surface area contributed by atoms with E-state index in [9.17, 15) is 14.7 Å². The van der Waals surface area contributed by atoms with Crippen molar-refractivity contribution in [1.29, 1.82) is 0 Å². The van der Waals surface area contributed by atoms with Gasteiger partial charge in [-0.15, -0.1) is 0 Å². The lowest BCUT2D eigenvalue weighted by Crippen LogP contribution is -2.46. The van der Waals surface area contributed by atoms with Crippen molar-refractivity contribution in [3.63, 3.8) is 0 Å². The van der Waals surface area contributed by atoms with E-state index in [-0.39, 0.29) is 12.7 Å². The molecular weight excluding hydrogens is 350 g/mol. The first-order valence-electron chi connectivity index (χ1n) is 8.85. The zero-order chi connectivity index (χ0) is 18.9. The van der Waals surface area contributed by atoms with Crippen LogP contribution in [0.4, 0.5) is 0 Å². The molecule has 0 unspecified atom stereocenters. The number of nitrogens with zero attached hydrogens (tertiary/aromatic N) is 1. The quantitative estimate of drug-likeness (QED) is 0.715. The zero-order valence-electron chi connectivity index (χ0n) is 14.7. The number of carbonyl (C=O) groups excluding carboxylic acids is 2. The molecule has 2 bridgehead atoms. The van der Waals surface area contributed by atoms with Crippen LogP contribution in [0.1, 0.15) is 12.5 Å². The largest absolute Gasteiger partial charge is 0.550 e. The Labute approximate surface area is 155 Å². The molecule has 1 aromatic rings. The summed E-state index contributed by atoms with van der Waals surface area (Å²) in [5, 5.41) is 11.7. The summed E-state index contributed by atoms with van der Waals surface area (Å²) in [5.74, 6) is -1.98. The van der Waals surface area contributed by atoms with Crippen LogP contribution >= 0.6 is 0 Å². The lowest BCUT2D eigenvalue weighted by molar-refractivity contribution is -0.313. The molecule has 7 nitrogen and oxygen atoms in total. The number of benzene rings is 1. The van der Waals surface area contributed by atoms with E-state index in [1.807, 2.05) is 25.1 Å². The fraction of sp³-hybridized carbons (Fsp3) is 0.400. The molecule has 4 aliphatic heterocycles. The summed E-state index contributed by atoms with van der Waals surface area (Å²) in [5.41, 5.74) is 0.615. The van der Waals surface area contributed by atoms with Crippen LogP contribution in [0.3, 0.4) is 0 Å². The smallest absolute Gasteiger partial charge is 0.231 e. The van der Waals surface area contributed by atoms with Crippen molar-refractivity contribution in [2.45, 2.75) is 31.2 Å². The third kappa shape index (κ3) is 2.06. The number of carboxylic acids is 1. The monoisotopic (exact) mass is 368 g/mol. The third-order valence-electron chi connectivity index (χ3n) is 5.90. The second-order valence-electron chi connectivity index (χ2n) is 7.52. The average molecular weight is 368 g/mol. The molecule has 4 heterocycles. The number of ether oxygens (including phenoxy) is 3. The highest BCUT2D eigenvalue weighted by molar-refractivity contribution is 5.91. The van der Waals surface area contributed by atoms with Gasteiger partial charge in [-0.1, -0.05) is 30.4 Å². The number of amides is 1. The molecular formula is C20H18NO6-. The minimum atomic E-state index is -1.25. The van der Waals surface area contributed by atoms with Crippen molar-refractivity contribution in [2.24, 2.45) is 11.8 Å². The van der Waals surface area contributed by atoms with E-state index in [1.54, 1.807) is 17.0 Å². The van der Waals surface area contributed by atoms with Crippen molar-refractivity contribution in [2.75, 3.05) is 6.79 Å². The van der Waals surface area contributed by atoms with E-state index in [0.717, 1.165) is 11.1 Å². The van der Waals surface area contributed by atoms with E-state index in [0.29, 0.717) is 18.0 Å². The van der Waals surface area contributed by atoms with Crippen LogP contribution in [0.5, 0.6) is 11.5 Å². The van der Waals surface area contributed by atoms with E-state index >= 15 is 0 Å². The van der Waals surface area contributed by atoms with Crippen LogP contribution in [0, 0.1) is 11.8 Å². The number of likely N-dealkylation sites (tertiary alicyclic amines) is 1. The van der Waals surface area contributed by atoms with Crippen LogP contribution in [0.2, 0.25) is 0 Å². The van der Waals surface area contributed by atoms with Crippen molar-refractivity contribution in [1.82, 2.24) is 4.90 Å². The summed E-state index contributed by atoms with van der Waals surface area (Å²) in [6, 6.07) is 5.07. The first-order chi connectivity index (χ1) is 12.9. The highest BCUT2D eigenvalue weighted by Gasteiger charge is 2.69. The molecule has 4 aliphatic rings. The molecule has 0 aromatic heterocycles. The molecule has 0 aliphatic carbocycles. The van der Waals surface area contributed by atoms with E-state index in [4.69, 9.17) is 14.2 Å². The van der Waals surface area contributed by atoms with Gasteiger partial charge in [0.2, 0.25) is 12.7 Å². The normalized spacial score (nSPS) is 35.0. The highest BCUT2D eigenvalue weighted by atomic mass is 16.7. The van der Waals surface area contributed by atoms with Gasteiger partial charge < -0.3 is 29.0 Å². The maximum Gasteiger partial charge on any atom is 0.231 e. The molecule has 27 heavy (non-hydrogen) atoms. The second-order valence-corrected chi connectivity index (χ2v) is 7.52. The summed E-state index contributed by atoms with van der Waals surface area (Å²) in [4.78, 5) is 26.6. The predicted octanol–water partition coefficient (Wildman–Crippen LogP) is 0.392. The van der Waals surface area contributed by atoms with Gasteiger partial charge in [-0.2, -0.15) is 0 Å². The van der Waals surface area contributed by atoms with Gasteiger partial charge in [0, 0.05) is 18.4 Å². The molecule has 0 radical (unpaired) electrons. The first kappa shape index (κ1) is 16.4. The van der Waals surface area contributed by atoms with Crippen molar-refractivity contribution in [3.8, 4) is 11.5 Å². The molecule has 1 amide bonds. The third-order valence-corrected chi connectivity index (χ3v) is 5.90. The van der Waals surface area contributed by atoms with Gasteiger partial charge in [0.15, 0.2) is 11.5 Å². The Morgan fingerprint density at radius 1 is 1.37 bits per heavy atom. The van der Waals surface area contributed by atoms with Gasteiger partial charge >= 0.3 is 0 Å². The van der Waals surface area contributed by atoms with Crippen molar-refractivity contribution < 1.29 is 28.9 Å². The van der Waals surface area contributed by atoms with Gasteiger partial charge in [-0.3, -0.25) is 4.79 Å². The van der Waals surface area contributed by atoms with Gasteiger partial charge in [-0.25, -0.2) is 0 Å². The number of carboxylic acid groups (broad SMARTS) is 1. The van der Waals surface area contributed by atoms with E-state index in [2.05, 4.69) is 6.58 Å². The maximum atomic E-state index is 13.3. The molecule has 5 rings (SSSR count). The Bertz CT molecular complexity index is 908. The molecule has 1 spiro atoms. The summed E-state index contributed by atoms with van der Waals surface area (Å²) in [6.07, 6.45) is 2.93. The Kier molecular flexibility index (Phi) is 3.25. The molecule has 7 heteroatoms. The van der Waals surface area contributed by atoms with Gasteiger partial charge in [0.05, 0.1) is 18.1 Å². The Hall–Kier alpha value is -2.80. The second kappa shape index (κ2) is 5.36. The molecule has 5 atom stereocenters. The van der Waals surface area contributed by atoms with Gasteiger partial charge in [0.1, 0.15) is 5.60 Å². The fourth-order valence-electron chi connectivity index (χ4n) is 4.95.